The minimum Gasteiger partial charge on any atom is -0.449 e. The lowest BCUT2D eigenvalue weighted by Crippen LogP contribution is -2.04. The molecule has 1 rings (SSSR count). The third kappa shape index (κ3) is 1.19. The van der Waals surface area contributed by atoms with Crippen LogP contribution in [-0.2, 0) is 0 Å². The van der Waals surface area contributed by atoms with Gasteiger partial charge < -0.3 is 15.9 Å². The number of anilines is 1. The Morgan fingerprint density at radius 2 is 2.40 bits per heavy atom. The summed E-state index contributed by atoms with van der Waals surface area (Å²) in [6, 6.07) is 1.51. The molecule has 1 aromatic heterocycles. The van der Waals surface area contributed by atoms with Crippen molar-refractivity contribution in [3.63, 3.8) is 0 Å². The highest BCUT2D eigenvalue weighted by Gasteiger charge is 2.03. The summed E-state index contributed by atoms with van der Waals surface area (Å²) in [7, 11) is 0. The molecule has 1 atom stereocenters. The molecule has 0 unspecified atom stereocenters. The second-order valence-corrected chi connectivity index (χ2v) is 2.04. The second-order valence-electron chi connectivity index (χ2n) is 2.04. The Labute approximate surface area is 59.3 Å². The van der Waals surface area contributed by atoms with Gasteiger partial charge in [0.2, 0.25) is 0 Å². The van der Waals surface area contributed by atoms with Gasteiger partial charge in [0.05, 0.1) is 12.3 Å². The van der Waals surface area contributed by atoms with Crippen molar-refractivity contribution in [3.05, 3.63) is 30.5 Å². The third-order valence-electron chi connectivity index (χ3n) is 1.28. The van der Waals surface area contributed by atoms with E-state index in [1.54, 1.807) is 12.1 Å². The van der Waals surface area contributed by atoms with Crippen molar-refractivity contribution in [1.82, 2.24) is 0 Å². The summed E-state index contributed by atoms with van der Waals surface area (Å²) in [4.78, 5) is 0. The zero-order valence-corrected chi connectivity index (χ0v) is 5.58. The zero-order valence-electron chi connectivity index (χ0n) is 5.58. The maximum Gasteiger partial charge on any atom is 0.190 e. The molecule has 1 heterocycles. The molecule has 0 bridgehead atoms. The molecule has 10 heavy (non-hydrogen) atoms. The van der Waals surface area contributed by atoms with Crippen molar-refractivity contribution in [1.29, 1.82) is 0 Å². The summed E-state index contributed by atoms with van der Waals surface area (Å²) in [6.07, 6.45) is 3.16. The first-order chi connectivity index (χ1) is 4.74. The first-order valence-electron chi connectivity index (χ1n) is 2.96. The maximum atomic E-state index is 5.57. The summed E-state index contributed by atoms with van der Waals surface area (Å²) < 4.78 is 4.84. The maximum absolute atomic E-state index is 5.57. The van der Waals surface area contributed by atoms with E-state index >= 15 is 0 Å². The van der Waals surface area contributed by atoms with Gasteiger partial charge in [0.1, 0.15) is 0 Å². The van der Waals surface area contributed by atoms with Crippen LogP contribution in [0.25, 0.3) is 0 Å². The van der Waals surface area contributed by atoms with Crippen LogP contribution in [0.2, 0.25) is 0 Å². The molecule has 0 aliphatic heterocycles. The van der Waals surface area contributed by atoms with Crippen molar-refractivity contribution < 1.29 is 4.42 Å². The van der Waals surface area contributed by atoms with Gasteiger partial charge in [-0.3, -0.25) is 0 Å². The van der Waals surface area contributed by atoms with Gasteiger partial charge in [-0.05, 0) is 0 Å². The van der Waals surface area contributed by atoms with Crippen molar-refractivity contribution in [2.45, 2.75) is 6.04 Å². The fourth-order valence-electron chi connectivity index (χ4n) is 0.679. The lowest BCUT2D eigenvalue weighted by molar-refractivity contribution is 0.582. The highest BCUT2D eigenvalue weighted by atomic mass is 16.3. The molecule has 0 saturated heterocycles. The highest BCUT2D eigenvalue weighted by molar-refractivity contribution is 5.31. The molecular formula is C7H10N2O. The normalized spacial score (nSPS) is 12.9. The molecule has 0 aromatic carbocycles. The van der Waals surface area contributed by atoms with Crippen molar-refractivity contribution in [3.8, 4) is 0 Å². The Kier molecular flexibility index (Phi) is 1.78. The summed E-state index contributed by atoms with van der Waals surface area (Å²) in [5.74, 6) is 0.382. The van der Waals surface area contributed by atoms with Gasteiger partial charge in [-0.2, -0.15) is 0 Å². The topological polar surface area (TPSA) is 65.2 Å². The molecule has 1 aromatic rings. The van der Waals surface area contributed by atoms with E-state index in [0.29, 0.717) is 5.88 Å². The smallest absolute Gasteiger partial charge is 0.190 e. The molecule has 0 radical (unpaired) electrons. The second kappa shape index (κ2) is 2.58. The molecule has 0 fully saturated rings. The Hall–Kier alpha value is -1.22. The van der Waals surface area contributed by atoms with Gasteiger partial charge in [-0.15, -0.1) is 6.58 Å². The van der Waals surface area contributed by atoms with Gasteiger partial charge in [-0.25, -0.2) is 0 Å². The predicted octanol–water partition coefficient (Wildman–Crippen LogP) is 1.05. The van der Waals surface area contributed by atoms with Crippen LogP contribution >= 0.6 is 0 Å². The van der Waals surface area contributed by atoms with Crippen LogP contribution in [-0.4, -0.2) is 0 Å². The van der Waals surface area contributed by atoms with Crippen molar-refractivity contribution in [2.75, 3.05) is 5.73 Å². The van der Waals surface area contributed by atoms with Gasteiger partial charge >= 0.3 is 0 Å². The molecule has 54 valence electrons. The van der Waals surface area contributed by atoms with Crippen LogP contribution in [0.3, 0.4) is 0 Å². The zero-order chi connectivity index (χ0) is 7.56. The van der Waals surface area contributed by atoms with Crippen LogP contribution < -0.4 is 11.5 Å². The lowest BCUT2D eigenvalue weighted by Gasteiger charge is -1.98. The quantitative estimate of drug-likeness (QED) is 0.600. The molecule has 0 amide bonds. The fraction of sp³-hybridized carbons (Fsp3) is 0.143. The predicted molar refractivity (Wildman–Crippen MR) is 40.2 cm³/mol. The standard InChI is InChI=1S/C7H10N2O/c1-2-6(8)5-3-7(9)10-4-5/h2-4,6H,1,8-9H2/t6-/m0/s1. The van der Waals surface area contributed by atoms with Crippen molar-refractivity contribution >= 4 is 5.88 Å². The first kappa shape index (κ1) is 6.89. The van der Waals surface area contributed by atoms with E-state index in [4.69, 9.17) is 15.9 Å². The van der Waals surface area contributed by atoms with E-state index in [-0.39, 0.29) is 6.04 Å². The number of nitrogen functional groups attached to an aromatic ring is 1. The van der Waals surface area contributed by atoms with Crippen LogP contribution in [0.1, 0.15) is 11.6 Å². The number of furan rings is 1. The molecular weight excluding hydrogens is 128 g/mol. The minimum atomic E-state index is -0.180. The van der Waals surface area contributed by atoms with E-state index in [1.807, 2.05) is 0 Å². The summed E-state index contributed by atoms with van der Waals surface area (Å²) in [6.45, 7) is 3.54. The molecule has 0 spiro atoms. The molecule has 0 aliphatic carbocycles. The Morgan fingerprint density at radius 3 is 2.80 bits per heavy atom. The Bertz CT molecular complexity index is 229. The third-order valence-corrected chi connectivity index (χ3v) is 1.28. The lowest BCUT2D eigenvalue weighted by atomic mass is 10.2. The van der Waals surface area contributed by atoms with Crippen molar-refractivity contribution in [2.24, 2.45) is 5.73 Å². The molecule has 4 N–H and O–H groups in total. The van der Waals surface area contributed by atoms with Crippen LogP contribution in [0.5, 0.6) is 0 Å². The van der Waals surface area contributed by atoms with E-state index in [2.05, 4.69) is 6.58 Å². The van der Waals surface area contributed by atoms with Gasteiger partial charge in [0.25, 0.3) is 0 Å². The largest absolute Gasteiger partial charge is 0.449 e. The Morgan fingerprint density at radius 1 is 1.70 bits per heavy atom. The van der Waals surface area contributed by atoms with E-state index < -0.39 is 0 Å². The fourth-order valence-corrected chi connectivity index (χ4v) is 0.679. The number of rotatable bonds is 2. The minimum absolute atomic E-state index is 0.180. The molecule has 3 heteroatoms. The number of hydrogen-bond acceptors (Lipinski definition) is 3. The van der Waals surface area contributed by atoms with Crippen LogP contribution in [0.4, 0.5) is 5.88 Å². The van der Waals surface area contributed by atoms with E-state index in [1.165, 1.54) is 6.26 Å². The van der Waals surface area contributed by atoms with E-state index in [9.17, 15) is 0 Å². The highest BCUT2D eigenvalue weighted by Crippen LogP contribution is 2.15. The summed E-state index contributed by atoms with van der Waals surface area (Å²) in [5.41, 5.74) is 11.7. The average molecular weight is 138 g/mol. The average Bonchev–Trinajstić information content (AvgIpc) is 2.34. The Balaban J connectivity index is 2.84. The summed E-state index contributed by atoms with van der Waals surface area (Å²) in [5, 5.41) is 0. The molecule has 0 aliphatic rings. The number of hydrogen-bond donors (Lipinski definition) is 2. The van der Waals surface area contributed by atoms with E-state index in [0.717, 1.165) is 5.56 Å². The number of nitrogens with two attached hydrogens (primary N) is 2. The van der Waals surface area contributed by atoms with Crippen LogP contribution in [0, 0.1) is 0 Å². The van der Waals surface area contributed by atoms with Gasteiger partial charge in [0, 0.05) is 11.6 Å². The van der Waals surface area contributed by atoms with Gasteiger partial charge in [-0.1, -0.05) is 6.08 Å². The van der Waals surface area contributed by atoms with Crippen LogP contribution in [0.15, 0.2) is 29.4 Å². The first-order valence-corrected chi connectivity index (χ1v) is 2.96. The SMILES string of the molecule is C=C[C@H](N)c1coc(N)c1. The summed E-state index contributed by atoms with van der Waals surface area (Å²) >= 11 is 0. The molecule has 3 nitrogen and oxygen atoms in total. The van der Waals surface area contributed by atoms with Gasteiger partial charge in [0.15, 0.2) is 5.88 Å². The monoisotopic (exact) mass is 138 g/mol. The molecule has 0 saturated carbocycles.